The Balaban J connectivity index is 1.73. The second kappa shape index (κ2) is 6.53. The van der Waals surface area contributed by atoms with E-state index < -0.39 is 0 Å². The Bertz CT molecular complexity index is 267. The highest BCUT2D eigenvalue weighted by atomic mass is 16.5. The molecule has 4 heteroatoms. The zero-order valence-electron chi connectivity index (χ0n) is 11.4. The van der Waals surface area contributed by atoms with Crippen molar-refractivity contribution in [2.24, 2.45) is 11.7 Å². The maximum absolute atomic E-state index is 12.2. The molecule has 2 aliphatic rings. The smallest absolute Gasteiger partial charge is 0.225 e. The van der Waals surface area contributed by atoms with Crippen LogP contribution < -0.4 is 5.73 Å². The van der Waals surface area contributed by atoms with E-state index in [4.69, 9.17) is 10.5 Å². The lowest BCUT2D eigenvalue weighted by atomic mass is 9.90. The Morgan fingerprint density at radius 1 is 1.33 bits per heavy atom. The van der Waals surface area contributed by atoms with Gasteiger partial charge in [-0.1, -0.05) is 0 Å². The van der Waals surface area contributed by atoms with Crippen LogP contribution >= 0.6 is 0 Å². The van der Waals surface area contributed by atoms with Crippen LogP contribution in [-0.4, -0.2) is 42.6 Å². The van der Waals surface area contributed by atoms with Crippen molar-refractivity contribution in [1.82, 2.24) is 4.90 Å². The summed E-state index contributed by atoms with van der Waals surface area (Å²) in [6.07, 6.45) is 6.22. The van der Waals surface area contributed by atoms with Gasteiger partial charge in [0.25, 0.3) is 0 Å². The van der Waals surface area contributed by atoms with Gasteiger partial charge in [0, 0.05) is 25.7 Å². The molecule has 4 nitrogen and oxygen atoms in total. The third-order valence-corrected chi connectivity index (χ3v) is 4.31. The van der Waals surface area contributed by atoms with Gasteiger partial charge in [-0.05, 0) is 44.9 Å². The fourth-order valence-corrected chi connectivity index (χ4v) is 2.97. The standard InChI is InChI=1S/C14H26N2O2/c1-11(15)12-5-7-16(8-6-12)14(17)10-13-4-2-3-9-18-13/h11-13H,2-10,15H2,1H3. The van der Waals surface area contributed by atoms with Crippen LogP contribution in [-0.2, 0) is 9.53 Å². The van der Waals surface area contributed by atoms with Crippen LogP contribution in [0.3, 0.4) is 0 Å². The zero-order chi connectivity index (χ0) is 13.0. The molecule has 0 aromatic rings. The Hall–Kier alpha value is -0.610. The van der Waals surface area contributed by atoms with E-state index in [1.165, 1.54) is 6.42 Å². The highest BCUT2D eigenvalue weighted by Gasteiger charge is 2.26. The molecule has 0 saturated carbocycles. The summed E-state index contributed by atoms with van der Waals surface area (Å²) in [5, 5.41) is 0. The third-order valence-electron chi connectivity index (χ3n) is 4.31. The number of nitrogens with zero attached hydrogens (tertiary/aromatic N) is 1. The van der Waals surface area contributed by atoms with Crippen LogP contribution in [0.25, 0.3) is 0 Å². The van der Waals surface area contributed by atoms with E-state index in [0.717, 1.165) is 45.4 Å². The first kappa shape index (κ1) is 13.8. The lowest BCUT2D eigenvalue weighted by molar-refractivity contribution is -0.136. The van der Waals surface area contributed by atoms with E-state index in [2.05, 4.69) is 6.92 Å². The molecule has 2 rings (SSSR count). The predicted molar refractivity (Wildman–Crippen MR) is 71.2 cm³/mol. The average molecular weight is 254 g/mol. The van der Waals surface area contributed by atoms with Crippen molar-refractivity contribution in [2.45, 2.75) is 57.6 Å². The lowest BCUT2D eigenvalue weighted by Gasteiger charge is -2.34. The Morgan fingerprint density at radius 2 is 2.06 bits per heavy atom. The van der Waals surface area contributed by atoms with Crippen molar-refractivity contribution < 1.29 is 9.53 Å². The van der Waals surface area contributed by atoms with Crippen LogP contribution in [0.5, 0.6) is 0 Å². The highest BCUT2D eigenvalue weighted by molar-refractivity contribution is 5.76. The van der Waals surface area contributed by atoms with Gasteiger partial charge in [-0.3, -0.25) is 4.79 Å². The Kier molecular flexibility index (Phi) is 5.01. The first-order chi connectivity index (χ1) is 8.66. The molecule has 2 aliphatic heterocycles. The molecule has 0 radical (unpaired) electrons. The van der Waals surface area contributed by atoms with Crippen LogP contribution in [0.2, 0.25) is 0 Å². The van der Waals surface area contributed by atoms with Crippen molar-refractivity contribution in [3.05, 3.63) is 0 Å². The largest absolute Gasteiger partial charge is 0.378 e. The van der Waals surface area contributed by atoms with E-state index in [1.54, 1.807) is 0 Å². The SMILES string of the molecule is CC(N)C1CCN(C(=O)CC2CCCCO2)CC1. The summed E-state index contributed by atoms with van der Waals surface area (Å²) in [4.78, 5) is 14.2. The first-order valence-electron chi connectivity index (χ1n) is 7.32. The Morgan fingerprint density at radius 3 is 2.61 bits per heavy atom. The fraction of sp³-hybridized carbons (Fsp3) is 0.929. The second-order valence-electron chi connectivity index (χ2n) is 5.77. The van der Waals surface area contributed by atoms with E-state index in [0.29, 0.717) is 12.3 Å². The van der Waals surface area contributed by atoms with Crippen molar-refractivity contribution in [1.29, 1.82) is 0 Å². The maximum atomic E-state index is 12.2. The van der Waals surface area contributed by atoms with Gasteiger partial charge in [0.2, 0.25) is 5.91 Å². The molecule has 0 aromatic carbocycles. The van der Waals surface area contributed by atoms with Crippen LogP contribution in [0.4, 0.5) is 0 Å². The third kappa shape index (κ3) is 3.69. The molecule has 0 spiro atoms. The summed E-state index contributed by atoms with van der Waals surface area (Å²) in [6.45, 7) is 4.64. The molecule has 0 bridgehead atoms. The quantitative estimate of drug-likeness (QED) is 0.831. The first-order valence-corrected chi connectivity index (χ1v) is 7.32. The molecule has 104 valence electrons. The minimum Gasteiger partial charge on any atom is -0.378 e. The van der Waals surface area contributed by atoms with Gasteiger partial charge in [-0.2, -0.15) is 0 Å². The summed E-state index contributed by atoms with van der Waals surface area (Å²) >= 11 is 0. The summed E-state index contributed by atoms with van der Waals surface area (Å²) in [7, 11) is 0. The molecule has 2 N–H and O–H groups in total. The van der Waals surface area contributed by atoms with Gasteiger partial charge in [0.05, 0.1) is 12.5 Å². The van der Waals surface area contributed by atoms with Gasteiger partial charge in [-0.15, -0.1) is 0 Å². The van der Waals surface area contributed by atoms with E-state index >= 15 is 0 Å². The van der Waals surface area contributed by atoms with E-state index in [9.17, 15) is 4.79 Å². The number of ether oxygens (including phenoxy) is 1. The van der Waals surface area contributed by atoms with Crippen LogP contribution in [0, 0.1) is 5.92 Å². The number of piperidine rings is 1. The molecule has 2 heterocycles. The van der Waals surface area contributed by atoms with Crippen LogP contribution in [0.1, 0.15) is 45.4 Å². The molecular formula is C14H26N2O2. The van der Waals surface area contributed by atoms with Gasteiger partial charge in [0.15, 0.2) is 0 Å². The van der Waals surface area contributed by atoms with Crippen molar-refractivity contribution in [3.63, 3.8) is 0 Å². The highest BCUT2D eigenvalue weighted by Crippen LogP contribution is 2.22. The van der Waals surface area contributed by atoms with Gasteiger partial charge >= 0.3 is 0 Å². The molecular weight excluding hydrogens is 228 g/mol. The van der Waals surface area contributed by atoms with Crippen molar-refractivity contribution in [2.75, 3.05) is 19.7 Å². The van der Waals surface area contributed by atoms with Crippen molar-refractivity contribution in [3.8, 4) is 0 Å². The summed E-state index contributed by atoms with van der Waals surface area (Å²) in [5.41, 5.74) is 5.91. The topological polar surface area (TPSA) is 55.6 Å². The summed E-state index contributed by atoms with van der Waals surface area (Å²) in [6, 6.07) is 0.254. The molecule has 18 heavy (non-hydrogen) atoms. The average Bonchev–Trinajstić information content (AvgIpc) is 2.40. The minimum absolute atomic E-state index is 0.164. The number of amides is 1. The number of rotatable bonds is 3. The molecule has 2 atom stereocenters. The lowest BCUT2D eigenvalue weighted by Crippen LogP contribution is -2.43. The second-order valence-corrected chi connectivity index (χ2v) is 5.77. The maximum Gasteiger partial charge on any atom is 0.225 e. The van der Waals surface area contributed by atoms with Crippen LogP contribution in [0.15, 0.2) is 0 Å². The monoisotopic (exact) mass is 254 g/mol. The molecule has 2 saturated heterocycles. The van der Waals surface area contributed by atoms with Gasteiger partial charge < -0.3 is 15.4 Å². The van der Waals surface area contributed by atoms with Gasteiger partial charge in [-0.25, -0.2) is 0 Å². The fourth-order valence-electron chi connectivity index (χ4n) is 2.97. The van der Waals surface area contributed by atoms with E-state index in [1.807, 2.05) is 4.90 Å². The number of nitrogens with two attached hydrogens (primary N) is 1. The summed E-state index contributed by atoms with van der Waals surface area (Å²) < 4.78 is 5.63. The number of carbonyl (C=O) groups excluding carboxylic acids is 1. The molecule has 2 unspecified atom stereocenters. The Labute approximate surface area is 110 Å². The van der Waals surface area contributed by atoms with Gasteiger partial charge in [0.1, 0.15) is 0 Å². The number of carbonyl (C=O) groups is 1. The zero-order valence-corrected chi connectivity index (χ0v) is 11.4. The molecule has 1 amide bonds. The number of likely N-dealkylation sites (tertiary alicyclic amines) is 1. The summed E-state index contributed by atoms with van der Waals surface area (Å²) in [5.74, 6) is 0.852. The normalized spacial score (nSPS) is 28.1. The predicted octanol–water partition coefficient (Wildman–Crippen LogP) is 1.53. The number of hydrogen-bond donors (Lipinski definition) is 1. The minimum atomic E-state index is 0.164. The van der Waals surface area contributed by atoms with Crippen molar-refractivity contribution >= 4 is 5.91 Å². The number of hydrogen-bond acceptors (Lipinski definition) is 3. The molecule has 0 aromatic heterocycles. The van der Waals surface area contributed by atoms with E-state index in [-0.39, 0.29) is 18.1 Å². The molecule has 0 aliphatic carbocycles. The molecule has 2 fully saturated rings.